The molecule has 3 heterocycles. The van der Waals surface area contributed by atoms with Crippen LogP contribution in [0.3, 0.4) is 0 Å². The Hall–Kier alpha value is -3.10. The second kappa shape index (κ2) is 10.2. The van der Waals surface area contributed by atoms with Crippen molar-refractivity contribution in [3.63, 3.8) is 0 Å². The van der Waals surface area contributed by atoms with Gasteiger partial charge in [-0.15, -0.1) is 0 Å². The molecule has 1 aromatic carbocycles. The average Bonchev–Trinajstić information content (AvgIpc) is 3.38. The normalized spacial score (nSPS) is 23.0. The van der Waals surface area contributed by atoms with Gasteiger partial charge in [0.25, 0.3) is 0 Å². The first-order valence-electron chi connectivity index (χ1n) is 13.7. The highest BCUT2D eigenvalue weighted by molar-refractivity contribution is 5.73. The molecular weight excluding hydrogens is 478 g/mol. The number of likely N-dealkylation sites (tertiary alicyclic amines) is 1. The van der Waals surface area contributed by atoms with Gasteiger partial charge >= 0.3 is 0 Å². The predicted octanol–water partition coefficient (Wildman–Crippen LogP) is 4.60. The Morgan fingerprint density at radius 2 is 1.82 bits per heavy atom. The number of hydrogen-bond donors (Lipinski definition) is 2. The first kappa shape index (κ1) is 26.5. The number of aliphatic hydroxyl groups is 1. The molecule has 1 saturated heterocycles. The molecule has 2 aromatic heterocycles. The van der Waals surface area contributed by atoms with E-state index in [0.717, 1.165) is 55.5 Å². The third kappa shape index (κ3) is 4.87. The van der Waals surface area contributed by atoms with E-state index in [2.05, 4.69) is 72.4 Å². The maximum absolute atomic E-state index is 12.5. The summed E-state index contributed by atoms with van der Waals surface area (Å²) < 4.78 is 5.69. The van der Waals surface area contributed by atoms with Crippen LogP contribution in [0.15, 0.2) is 47.2 Å². The quantitative estimate of drug-likeness (QED) is 0.472. The van der Waals surface area contributed by atoms with Crippen LogP contribution in [0.2, 0.25) is 0 Å². The molecule has 3 aromatic rings. The van der Waals surface area contributed by atoms with Gasteiger partial charge in [-0.2, -0.15) is 4.98 Å². The van der Waals surface area contributed by atoms with E-state index in [9.17, 15) is 9.90 Å². The third-order valence-corrected chi connectivity index (χ3v) is 8.45. The molecule has 1 atom stereocenters. The molecular formula is C30H39N5O3. The van der Waals surface area contributed by atoms with Crippen molar-refractivity contribution in [1.29, 1.82) is 0 Å². The van der Waals surface area contributed by atoms with Crippen molar-refractivity contribution in [2.75, 3.05) is 20.1 Å². The first-order valence-corrected chi connectivity index (χ1v) is 13.7. The zero-order chi connectivity index (χ0) is 27.1. The van der Waals surface area contributed by atoms with E-state index in [1.165, 1.54) is 5.56 Å². The van der Waals surface area contributed by atoms with Gasteiger partial charge in [-0.05, 0) is 55.8 Å². The van der Waals surface area contributed by atoms with Crippen LogP contribution in [0.5, 0.6) is 0 Å². The van der Waals surface area contributed by atoms with E-state index >= 15 is 0 Å². The predicted molar refractivity (Wildman–Crippen MR) is 145 cm³/mol. The lowest BCUT2D eigenvalue weighted by Gasteiger charge is -2.55. The molecule has 2 fully saturated rings. The SMILES string of the molecule is CC(=O)N[C@H]1CC[C@H](c2nc(-c3cncc(C(O)(c4ccc(C(C)C)cc4)C4(C)CN(C)C4)c3)no2)CC1. The van der Waals surface area contributed by atoms with Crippen LogP contribution in [0, 0.1) is 5.41 Å². The van der Waals surface area contributed by atoms with Crippen molar-refractivity contribution in [2.24, 2.45) is 5.41 Å². The summed E-state index contributed by atoms with van der Waals surface area (Å²) in [6.45, 7) is 9.58. The fourth-order valence-electron chi connectivity index (χ4n) is 6.40. The summed E-state index contributed by atoms with van der Waals surface area (Å²) in [5.41, 5.74) is 1.94. The van der Waals surface area contributed by atoms with Gasteiger partial charge in [0.1, 0.15) is 5.60 Å². The standard InChI is InChI=1S/C30H39N5O3/c1-19(2)21-6-10-24(11-7-21)30(37,29(4)17-35(5)18-29)25-14-23(15-31-16-25)27-33-28(38-34-27)22-8-12-26(13-9-22)32-20(3)36/h6-7,10-11,14-16,19,22,26,37H,8-9,12-13,17-18H2,1-5H3,(H,32,36)/t22-,26-,30?. The van der Waals surface area contributed by atoms with Crippen LogP contribution in [-0.2, 0) is 10.4 Å². The molecule has 1 aliphatic carbocycles. The molecule has 1 saturated carbocycles. The van der Waals surface area contributed by atoms with Gasteiger partial charge in [0.2, 0.25) is 17.6 Å². The number of nitrogens with zero attached hydrogens (tertiary/aromatic N) is 4. The number of hydrogen-bond acceptors (Lipinski definition) is 7. The van der Waals surface area contributed by atoms with E-state index in [1.807, 2.05) is 6.07 Å². The Balaban J connectivity index is 1.43. The molecule has 1 unspecified atom stereocenters. The Bertz CT molecular complexity index is 1270. The van der Waals surface area contributed by atoms with Gasteiger partial charge < -0.3 is 19.8 Å². The maximum Gasteiger partial charge on any atom is 0.230 e. The molecule has 0 bridgehead atoms. The van der Waals surface area contributed by atoms with E-state index in [0.29, 0.717) is 17.6 Å². The van der Waals surface area contributed by atoms with E-state index in [-0.39, 0.29) is 23.3 Å². The minimum atomic E-state index is -1.23. The molecule has 0 radical (unpaired) electrons. The zero-order valence-electron chi connectivity index (χ0n) is 23.1. The van der Waals surface area contributed by atoms with Gasteiger partial charge in [-0.3, -0.25) is 9.78 Å². The summed E-state index contributed by atoms with van der Waals surface area (Å²) in [5.74, 6) is 1.71. The lowest BCUT2D eigenvalue weighted by atomic mass is 9.62. The average molecular weight is 518 g/mol. The summed E-state index contributed by atoms with van der Waals surface area (Å²) >= 11 is 0. The summed E-state index contributed by atoms with van der Waals surface area (Å²) in [6, 6.07) is 10.5. The van der Waals surface area contributed by atoms with E-state index in [1.54, 1.807) is 19.3 Å². The number of amides is 1. The van der Waals surface area contributed by atoms with Gasteiger partial charge in [-0.25, -0.2) is 0 Å². The minimum Gasteiger partial charge on any atom is -0.380 e. The van der Waals surface area contributed by atoms with Crippen LogP contribution >= 0.6 is 0 Å². The summed E-state index contributed by atoms with van der Waals surface area (Å²) in [7, 11) is 2.07. The highest BCUT2D eigenvalue weighted by Gasteiger charge is 2.55. The fourth-order valence-corrected chi connectivity index (χ4v) is 6.40. The highest BCUT2D eigenvalue weighted by Crippen LogP contribution is 2.50. The molecule has 5 rings (SSSR count). The molecule has 8 heteroatoms. The molecule has 202 valence electrons. The summed E-state index contributed by atoms with van der Waals surface area (Å²) in [6.07, 6.45) is 7.06. The van der Waals surface area contributed by atoms with Crippen LogP contribution in [0.25, 0.3) is 11.4 Å². The minimum absolute atomic E-state index is 0.0131. The number of pyridine rings is 1. The molecule has 38 heavy (non-hydrogen) atoms. The van der Waals surface area contributed by atoms with Crippen LogP contribution in [-0.4, -0.2) is 57.2 Å². The second-order valence-corrected chi connectivity index (χ2v) is 11.9. The van der Waals surface area contributed by atoms with Crippen LogP contribution in [0.4, 0.5) is 0 Å². The number of nitrogens with one attached hydrogen (secondary N) is 1. The molecule has 8 nitrogen and oxygen atoms in total. The van der Waals surface area contributed by atoms with Crippen molar-refractivity contribution in [3.8, 4) is 11.4 Å². The van der Waals surface area contributed by atoms with Crippen molar-refractivity contribution in [1.82, 2.24) is 25.3 Å². The molecule has 1 amide bonds. The molecule has 2 N–H and O–H groups in total. The lowest BCUT2D eigenvalue weighted by Crippen LogP contribution is -2.63. The number of rotatable bonds is 7. The van der Waals surface area contributed by atoms with E-state index < -0.39 is 5.60 Å². The smallest absolute Gasteiger partial charge is 0.230 e. The van der Waals surface area contributed by atoms with Crippen molar-refractivity contribution in [2.45, 2.75) is 76.9 Å². The monoisotopic (exact) mass is 517 g/mol. The topological polar surface area (TPSA) is 104 Å². The first-order chi connectivity index (χ1) is 18.1. The Labute approximate surface area is 224 Å². The number of carbonyl (C=O) groups excluding carboxylic acids is 1. The van der Waals surface area contributed by atoms with E-state index in [4.69, 9.17) is 9.51 Å². The third-order valence-electron chi connectivity index (χ3n) is 8.45. The van der Waals surface area contributed by atoms with Gasteiger partial charge in [0.15, 0.2) is 0 Å². The number of aromatic nitrogens is 3. The van der Waals surface area contributed by atoms with Crippen molar-refractivity contribution in [3.05, 3.63) is 65.3 Å². The fraction of sp³-hybridized carbons (Fsp3) is 0.533. The van der Waals surface area contributed by atoms with Gasteiger partial charge in [-0.1, -0.05) is 50.2 Å². The summed E-state index contributed by atoms with van der Waals surface area (Å²) in [5, 5.41) is 19.8. The highest BCUT2D eigenvalue weighted by atomic mass is 16.5. The van der Waals surface area contributed by atoms with Crippen molar-refractivity contribution < 1.29 is 14.4 Å². The van der Waals surface area contributed by atoms with Crippen LogP contribution < -0.4 is 5.32 Å². The number of carbonyl (C=O) groups is 1. The van der Waals surface area contributed by atoms with Gasteiger partial charge in [0, 0.05) is 60.9 Å². The van der Waals surface area contributed by atoms with Crippen molar-refractivity contribution >= 4 is 5.91 Å². The second-order valence-electron chi connectivity index (χ2n) is 11.9. The van der Waals surface area contributed by atoms with Crippen LogP contribution in [0.1, 0.15) is 87.8 Å². The Morgan fingerprint density at radius 3 is 2.42 bits per heavy atom. The van der Waals surface area contributed by atoms with Gasteiger partial charge in [0.05, 0.1) is 0 Å². The zero-order valence-corrected chi connectivity index (χ0v) is 23.1. The lowest BCUT2D eigenvalue weighted by molar-refractivity contribution is -0.127. The Morgan fingerprint density at radius 1 is 1.13 bits per heavy atom. The molecule has 2 aliphatic rings. The summed E-state index contributed by atoms with van der Waals surface area (Å²) in [4.78, 5) is 22.8. The number of benzene rings is 1. The largest absolute Gasteiger partial charge is 0.380 e. The maximum atomic E-state index is 12.5. The molecule has 1 aliphatic heterocycles. The Kier molecular flexibility index (Phi) is 7.13. The molecule has 0 spiro atoms.